The number of carbonyl (C=O) groups is 21. The molecule has 13 atom stereocenters. The Morgan fingerprint density at radius 2 is 1.08 bits per heavy atom. The van der Waals surface area contributed by atoms with Gasteiger partial charge in [0, 0.05) is 60.6 Å². The number of hydrogen-bond donors (Lipinski definition) is 26. The van der Waals surface area contributed by atoms with Crippen LogP contribution in [-0.4, -0.2) is 260 Å². The van der Waals surface area contributed by atoms with Crippen LogP contribution in [0.4, 0.5) is 10.5 Å². The first-order valence-corrected chi connectivity index (χ1v) is 40.1. The molecule has 1 aliphatic rings. The van der Waals surface area contributed by atoms with Crippen LogP contribution in [0.15, 0.2) is 54.7 Å². The van der Waals surface area contributed by atoms with Crippen LogP contribution in [0.25, 0.3) is 10.9 Å². The van der Waals surface area contributed by atoms with E-state index in [1.165, 1.54) is 67.0 Å². The Balaban J connectivity index is 1.96. The molecule has 0 radical (unpaired) electrons. The number of para-hydroxylation sites is 2. The topological polar surface area (TPSA) is 762 Å². The van der Waals surface area contributed by atoms with Crippen molar-refractivity contribution in [2.75, 3.05) is 32.0 Å². The first-order chi connectivity index (χ1) is 59.5. The van der Waals surface area contributed by atoms with Crippen LogP contribution in [0.3, 0.4) is 0 Å². The zero-order chi connectivity index (χ0) is 94.1. The summed E-state index contributed by atoms with van der Waals surface area (Å²) in [6.07, 6.45) is -3.55. The van der Waals surface area contributed by atoms with E-state index in [9.17, 15) is 112 Å². The molecule has 0 bridgehead atoms. The van der Waals surface area contributed by atoms with Crippen molar-refractivity contribution in [1.82, 2.24) is 101 Å². The Hall–Kier alpha value is -13.5. The highest BCUT2D eigenvalue weighted by Gasteiger charge is 2.41. The first-order valence-electron chi connectivity index (χ1n) is 40.1. The SMILES string of the molecule is CCCCCCCCCC(=O)N[C@@H](Cc1c[nH]c2ccccc12)C(=O)N[C@H](CC(N)=O)C(=O)N[C@@H](CC(=O)NO)C(=O)N[C@@H]1C(=O)NCC(=O)N[C@@H](CCCNC(=O)OC(C)(C)C)C(=O)N[C@@H](CC(=O)NO)C(=O)N[C@H](C)C(=O)N[C@@H](CC(=O)NO)C(=O)NCC(=O)N[C@H](CO)C(=O)N[C@@H]([C@H](C)CC(=O)NO)C(=O)N[C@@H](CC(=O)c2ccccc2N)C(=O)O[C@@H]1C. The number of rotatable bonds is 36. The van der Waals surface area contributed by atoms with Gasteiger partial charge in [-0.15, -0.1) is 0 Å². The van der Waals surface area contributed by atoms with E-state index in [-0.39, 0.29) is 37.1 Å². The van der Waals surface area contributed by atoms with Gasteiger partial charge in [-0.25, -0.2) is 31.5 Å². The van der Waals surface area contributed by atoms with Crippen molar-refractivity contribution in [2.45, 2.75) is 236 Å². The summed E-state index contributed by atoms with van der Waals surface area (Å²) in [4.78, 5) is 295. The third-order valence-corrected chi connectivity index (χ3v) is 19.0. The zero-order valence-corrected chi connectivity index (χ0v) is 70.3. The number of nitrogens with one attached hydrogen (secondary N) is 19. The molecule has 0 saturated carbocycles. The summed E-state index contributed by atoms with van der Waals surface area (Å²) >= 11 is 0. The normalized spacial score (nSPS) is 20.3. The van der Waals surface area contributed by atoms with Gasteiger partial charge in [0.2, 0.25) is 106 Å². The van der Waals surface area contributed by atoms with E-state index in [4.69, 9.17) is 20.9 Å². The number of nitrogen functional groups attached to an aromatic ring is 1. The van der Waals surface area contributed by atoms with Gasteiger partial charge in [-0.3, -0.25) is 112 Å². The molecule has 28 N–H and O–H groups in total. The van der Waals surface area contributed by atoms with E-state index in [1.807, 2.05) is 10.6 Å². The van der Waals surface area contributed by atoms with Crippen LogP contribution in [0.1, 0.15) is 167 Å². The minimum atomic E-state index is -2.50. The number of aromatic nitrogens is 1. The fourth-order valence-electron chi connectivity index (χ4n) is 12.5. The number of nitrogens with two attached hydrogens (primary N) is 2. The van der Waals surface area contributed by atoms with Gasteiger partial charge < -0.3 is 105 Å². The van der Waals surface area contributed by atoms with Crippen molar-refractivity contribution in [3.05, 3.63) is 65.9 Å². The van der Waals surface area contributed by atoms with Crippen LogP contribution in [0, 0.1) is 5.92 Å². The molecule has 1 aliphatic heterocycles. The first kappa shape index (κ1) is 105. The van der Waals surface area contributed by atoms with Crippen LogP contribution >= 0.6 is 0 Å². The number of cyclic esters (lactones) is 1. The number of amides is 19. The lowest BCUT2D eigenvalue weighted by Crippen LogP contribution is -2.62. The summed E-state index contributed by atoms with van der Waals surface area (Å²) in [5.41, 5.74) is 16.4. The fraction of sp³-hybridized carbons (Fsp3) is 0.545. The summed E-state index contributed by atoms with van der Waals surface area (Å²) in [6, 6.07) is -11.0. The third-order valence-electron chi connectivity index (χ3n) is 19.0. The second-order valence-corrected chi connectivity index (χ2v) is 30.5. The third kappa shape index (κ3) is 36.5. The molecule has 0 spiro atoms. The average molecular weight is 1780 g/mol. The minimum absolute atomic E-state index is 0.0349. The molecule has 694 valence electrons. The van der Waals surface area contributed by atoms with Crippen LogP contribution in [0.2, 0.25) is 0 Å². The van der Waals surface area contributed by atoms with E-state index < -0.39 is 273 Å². The van der Waals surface area contributed by atoms with Crippen LogP contribution < -0.4 is 108 Å². The molecule has 2 heterocycles. The lowest BCUT2D eigenvalue weighted by atomic mass is 9.95. The second-order valence-electron chi connectivity index (χ2n) is 30.5. The van der Waals surface area contributed by atoms with E-state index >= 15 is 14.4 Å². The number of unbranched alkanes of at least 4 members (excludes halogenated alkanes) is 6. The van der Waals surface area contributed by atoms with E-state index in [2.05, 4.69) is 75.7 Å². The maximum Gasteiger partial charge on any atom is 0.407 e. The molecular weight excluding hydrogens is 1670 g/mol. The van der Waals surface area contributed by atoms with Gasteiger partial charge in [-0.1, -0.05) is 82.7 Å². The van der Waals surface area contributed by atoms with Crippen LogP contribution in [0.5, 0.6) is 0 Å². The number of anilines is 1. The predicted molar refractivity (Wildman–Crippen MR) is 435 cm³/mol. The molecule has 3 aromatic rings. The van der Waals surface area contributed by atoms with Gasteiger partial charge in [-0.05, 0) is 83.6 Å². The summed E-state index contributed by atoms with van der Waals surface area (Å²) in [6.45, 7) is 5.46. The second kappa shape index (κ2) is 52.8. The van der Waals surface area contributed by atoms with E-state index in [0.717, 1.165) is 52.9 Å². The van der Waals surface area contributed by atoms with Gasteiger partial charge in [0.1, 0.15) is 78.2 Å². The number of primary amides is 1. The number of carbonyl (C=O) groups excluding carboxylic acids is 21. The number of aromatic amines is 1. The molecule has 1 fully saturated rings. The zero-order valence-electron chi connectivity index (χ0n) is 70.3. The number of ketones is 1. The van der Waals surface area contributed by atoms with Crippen molar-refractivity contribution >= 4 is 141 Å². The number of Topliss-reactive ketones (excluding diaryl/α,β-unsaturated/α-hetero) is 1. The number of esters is 1. The number of fused-ring (bicyclic) bond motifs is 1. The number of alkyl carbamates (subject to hydrolysis) is 1. The van der Waals surface area contributed by atoms with Crippen molar-refractivity contribution < 1.29 is 136 Å². The van der Waals surface area contributed by atoms with E-state index in [0.29, 0.717) is 29.3 Å². The number of aliphatic hydroxyl groups is 1. The van der Waals surface area contributed by atoms with Gasteiger partial charge in [0.25, 0.3) is 0 Å². The van der Waals surface area contributed by atoms with Crippen molar-refractivity contribution in [3.8, 4) is 0 Å². The molecule has 0 aliphatic carbocycles. The highest BCUT2D eigenvalue weighted by Crippen LogP contribution is 2.22. The van der Waals surface area contributed by atoms with Crippen molar-refractivity contribution in [2.24, 2.45) is 11.7 Å². The van der Waals surface area contributed by atoms with Crippen molar-refractivity contribution in [3.63, 3.8) is 0 Å². The average Bonchev–Trinajstić information content (AvgIpc) is 1.48. The van der Waals surface area contributed by atoms with Gasteiger partial charge in [-0.2, -0.15) is 0 Å². The van der Waals surface area contributed by atoms with Gasteiger partial charge in [0.05, 0.1) is 45.4 Å². The predicted octanol–water partition coefficient (Wildman–Crippen LogP) is -6.37. The van der Waals surface area contributed by atoms with E-state index in [1.54, 1.807) is 30.5 Å². The standard InChI is InChI=1S/C77H113N21O28/c1-8-9-10-11-12-13-14-25-56(102)86-47(28-41-34-81-45-23-18-16-20-42(41)45)69(113)89-48(30-55(79)101)70(114)91-51(33-60(106)98-124)71(115)94-64-40(4)125-75(119)52(29-54(100)43-21-15-17-22-44(43)78)92-74(118)63(38(2)27-57(103)95-121)93-72(116)53(37-99)87-62(108)35-82-66(110)49(31-58(104)96-122)88-65(109)39(3)84-68(112)50(32-59(105)97-123)90-67(111)46(85-61(107)36-83-73(64)117)24-19-26-80-76(120)126-77(5,6)7/h15-18,20-23,34,38-40,46-53,63-64,81,99,121-124H,8-14,19,24-33,35-37,78H2,1-7H3,(H2,79,101)(H,80,120)(H,82,110)(H,83,117)(H,84,112)(H,85,107)(H,86,102)(H,87,108)(H,88,109)(H,89,113)(H,90,111)(H,91,114)(H,92,118)(H,93,116)(H,94,115)(H,95,103)(H,96,104)(H,97,105)(H,98,106)/t38-,39-,40-,46+,47+,48-,49+,50+,51+,52+,53-,63+,64+/m1/s1. The molecular formula is C77H113N21O28. The van der Waals surface area contributed by atoms with Gasteiger partial charge in [0.15, 0.2) is 5.78 Å². The Kier molecular flexibility index (Phi) is 43.9. The summed E-state index contributed by atoms with van der Waals surface area (Å²) in [7, 11) is 0. The monoisotopic (exact) mass is 1780 g/mol. The highest BCUT2D eigenvalue weighted by molar-refractivity contribution is 6.05. The summed E-state index contributed by atoms with van der Waals surface area (Å²) in [5.74, 6) is -28.6. The molecule has 126 heavy (non-hydrogen) atoms. The highest BCUT2D eigenvalue weighted by atomic mass is 16.6. The summed E-state index contributed by atoms with van der Waals surface area (Å²) in [5, 5.41) is 80.3. The van der Waals surface area contributed by atoms with Crippen molar-refractivity contribution in [1.29, 1.82) is 0 Å². The molecule has 2 aromatic carbocycles. The number of aliphatic hydroxyl groups excluding tert-OH is 1. The molecule has 49 nitrogen and oxygen atoms in total. The number of H-pyrrole nitrogens is 1. The Morgan fingerprint density at radius 3 is 1.68 bits per heavy atom. The minimum Gasteiger partial charge on any atom is -0.458 e. The maximum atomic E-state index is 15.0. The Morgan fingerprint density at radius 1 is 0.548 bits per heavy atom. The Bertz CT molecular complexity index is 4390. The lowest BCUT2D eigenvalue weighted by molar-refractivity contribution is -0.156. The molecule has 1 saturated heterocycles. The molecule has 49 heteroatoms. The number of hydrogen-bond acceptors (Lipinski definition) is 29. The number of benzene rings is 2. The molecule has 4 rings (SSSR count). The van der Waals surface area contributed by atoms with Gasteiger partial charge >= 0.3 is 12.1 Å². The van der Waals surface area contributed by atoms with Crippen LogP contribution in [-0.2, 0) is 107 Å². The molecule has 1 aromatic heterocycles. The quantitative estimate of drug-likeness (QED) is 0.00643. The fourth-order valence-corrected chi connectivity index (χ4v) is 12.5. The number of hydroxylamine groups is 4. The smallest absolute Gasteiger partial charge is 0.407 e. The Labute approximate surface area is 720 Å². The summed E-state index contributed by atoms with van der Waals surface area (Å²) < 4.78 is 11.0. The maximum absolute atomic E-state index is 15.0. The lowest BCUT2D eigenvalue weighted by Gasteiger charge is -2.30. The largest absolute Gasteiger partial charge is 0.458 e. The number of ether oxygens (including phenoxy) is 2. The molecule has 19 amide bonds. The molecule has 0 unspecified atom stereocenters.